The van der Waals surface area contributed by atoms with E-state index in [1.807, 2.05) is 30.5 Å². The minimum Gasteiger partial charge on any atom is -0.385 e. The highest BCUT2D eigenvalue weighted by molar-refractivity contribution is 9.10. The van der Waals surface area contributed by atoms with E-state index in [1.165, 1.54) is 5.56 Å². The van der Waals surface area contributed by atoms with E-state index in [0.29, 0.717) is 17.0 Å². The summed E-state index contributed by atoms with van der Waals surface area (Å²) in [5, 5.41) is 11.2. The van der Waals surface area contributed by atoms with Gasteiger partial charge in [-0.1, -0.05) is 46.6 Å². The second-order valence-corrected chi connectivity index (χ2v) is 6.41. The Morgan fingerprint density at radius 2 is 2.05 bits per heavy atom. The van der Waals surface area contributed by atoms with E-state index in [9.17, 15) is 5.11 Å². The van der Waals surface area contributed by atoms with Crippen LogP contribution in [0.4, 0.5) is 0 Å². The normalized spacial score (nSPS) is 14.1. The second kappa shape index (κ2) is 6.25. The molecule has 0 aliphatic rings. The predicted octanol–water partition coefficient (Wildman–Crippen LogP) is 4.51. The number of aromatic nitrogens is 1. The standard InChI is InChI=1S/C16H17BrClNO/c1-3-11-4-6-13(19-10-11)9-16(2,20)14-7-5-12(17)8-15(14)18/h4-8,10,20H,3,9H2,1-2H3. The van der Waals surface area contributed by atoms with Gasteiger partial charge in [0.25, 0.3) is 0 Å². The average Bonchev–Trinajstić information content (AvgIpc) is 2.38. The van der Waals surface area contributed by atoms with Gasteiger partial charge >= 0.3 is 0 Å². The number of hydrogen-bond acceptors (Lipinski definition) is 2. The monoisotopic (exact) mass is 353 g/mol. The Morgan fingerprint density at radius 1 is 1.30 bits per heavy atom. The first kappa shape index (κ1) is 15.5. The molecule has 2 nitrogen and oxygen atoms in total. The first-order valence-electron chi connectivity index (χ1n) is 6.54. The van der Waals surface area contributed by atoms with Gasteiger partial charge in [0, 0.05) is 33.4 Å². The lowest BCUT2D eigenvalue weighted by molar-refractivity contribution is 0.0567. The molecule has 2 rings (SSSR count). The van der Waals surface area contributed by atoms with E-state index in [-0.39, 0.29) is 0 Å². The number of hydrogen-bond donors (Lipinski definition) is 1. The molecular weight excluding hydrogens is 338 g/mol. The molecule has 0 radical (unpaired) electrons. The first-order chi connectivity index (χ1) is 9.42. The van der Waals surface area contributed by atoms with E-state index >= 15 is 0 Å². The molecule has 1 aromatic carbocycles. The number of nitrogens with zero attached hydrogens (tertiary/aromatic N) is 1. The number of aliphatic hydroxyl groups is 1. The molecule has 1 N–H and O–H groups in total. The van der Waals surface area contributed by atoms with Crippen molar-refractivity contribution in [3.8, 4) is 0 Å². The van der Waals surface area contributed by atoms with Crippen molar-refractivity contribution in [1.29, 1.82) is 0 Å². The number of benzene rings is 1. The molecule has 1 aromatic heterocycles. The highest BCUT2D eigenvalue weighted by Gasteiger charge is 2.26. The van der Waals surface area contributed by atoms with Crippen LogP contribution in [0.15, 0.2) is 41.0 Å². The van der Waals surface area contributed by atoms with Crippen LogP contribution >= 0.6 is 27.5 Å². The zero-order chi connectivity index (χ0) is 14.8. The van der Waals surface area contributed by atoms with Crippen molar-refractivity contribution in [2.75, 3.05) is 0 Å². The topological polar surface area (TPSA) is 33.1 Å². The summed E-state index contributed by atoms with van der Waals surface area (Å²) in [6.07, 6.45) is 3.25. The molecule has 1 heterocycles. The molecule has 0 aliphatic heterocycles. The molecule has 1 atom stereocenters. The molecule has 106 valence electrons. The van der Waals surface area contributed by atoms with Gasteiger partial charge in [-0.15, -0.1) is 0 Å². The summed E-state index contributed by atoms with van der Waals surface area (Å²) < 4.78 is 0.896. The van der Waals surface area contributed by atoms with Crippen LogP contribution < -0.4 is 0 Å². The summed E-state index contributed by atoms with van der Waals surface area (Å²) >= 11 is 9.58. The molecule has 0 fully saturated rings. The van der Waals surface area contributed by atoms with Crippen LogP contribution in [0.2, 0.25) is 5.02 Å². The Balaban J connectivity index is 2.25. The summed E-state index contributed by atoms with van der Waals surface area (Å²) in [7, 11) is 0. The Morgan fingerprint density at radius 3 is 2.60 bits per heavy atom. The zero-order valence-corrected chi connectivity index (χ0v) is 13.9. The number of aryl methyl sites for hydroxylation is 1. The van der Waals surface area contributed by atoms with Gasteiger partial charge in [-0.3, -0.25) is 4.98 Å². The highest BCUT2D eigenvalue weighted by Crippen LogP contribution is 2.32. The van der Waals surface area contributed by atoms with Crippen molar-refractivity contribution >= 4 is 27.5 Å². The second-order valence-electron chi connectivity index (χ2n) is 5.09. The fraction of sp³-hybridized carbons (Fsp3) is 0.312. The molecule has 0 saturated carbocycles. The van der Waals surface area contributed by atoms with Crippen molar-refractivity contribution in [3.63, 3.8) is 0 Å². The van der Waals surface area contributed by atoms with Crippen LogP contribution in [-0.2, 0) is 18.4 Å². The van der Waals surface area contributed by atoms with Gasteiger partial charge in [-0.05, 0) is 37.1 Å². The van der Waals surface area contributed by atoms with Gasteiger partial charge in [0.05, 0.1) is 5.60 Å². The minimum absolute atomic E-state index is 0.429. The zero-order valence-electron chi connectivity index (χ0n) is 11.5. The van der Waals surface area contributed by atoms with Crippen molar-refractivity contribution < 1.29 is 5.11 Å². The van der Waals surface area contributed by atoms with Crippen LogP contribution in [-0.4, -0.2) is 10.1 Å². The number of halogens is 2. The lowest BCUT2D eigenvalue weighted by Gasteiger charge is -2.25. The third-order valence-corrected chi connectivity index (χ3v) is 4.14. The fourth-order valence-electron chi connectivity index (χ4n) is 2.14. The third kappa shape index (κ3) is 3.60. The smallest absolute Gasteiger partial charge is 0.0938 e. The summed E-state index contributed by atoms with van der Waals surface area (Å²) in [5.74, 6) is 0. The summed E-state index contributed by atoms with van der Waals surface area (Å²) in [6.45, 7) is 3.85. The fourth-order valence-corrected chi connectivity index (χ4v) is 3.02. The highest BCUT2D eigenvalue weighted by atomic mass is 79.9. The summed E-state index contributed by atoms with van der Waals surface area (Å²) in [6, 6.07) is 9.51. The van der Waals surface area contributed by atoms with Crippen molar-refractivity contribution in [2.45, 2.75) is 32.3 Å². The van der Waals surface area contributed by atoms with Crippen molar-refractivity contribution in [2.24, 2.45) is 0 Å². The average molecular weight is 355 g/mol. The number of pyridine rings is 1. The summed E-state index contributed by atoms with van der Waals surface area (Å²) in [5.41, 5.74) is 1.71. The lowest BCUT2D eigenvalue weighted by Crippen LogP contribution is -2.25. The molecule has 0 aliphatic carbocycles. The lowest BCUT2D eigenvalue weighted by atomic mass is 9.91. The van der Waals surface area contributed by atoms with E-state index in [0.717, 1.165) is 16.6 Å². The summed E-state index contributed by atoms with van der Waals surface area (Å²) in [4.78, 5) is 4.40. The molecule has 0 bridgehead atoms. The molecule has 2 aromatic rings. The molecule has 0 spiro atoms. The van der Waals surface area contributed by atoms with Gasteiger partial charge in [0.2, 0.25) is 0 Å². The van der Waals surface area contributed by atoms with Gasteiger partial charge in [0.15, 0.2) is 0 Å². The van der Waals surface area contributed by atoms with Gasteiger partial charge in [-0.25, -0.2) is 0 Å². The van der Waals surface area contributed by atoms with E-state index < -0.39 is 5.60 Å². The molecule has 0 saturated heterocycles. The van der Waals surface area contributed by atoms with E-state index in [2.05, 4.69) is 27.8 Å². The number of rotatable bonds is 4. The van der Waals surface area contributed by atoms with Crippen molar-refractivity contribution in [3.05, 3.63) is 62.8 Å². The maximum Gasteiger partial charge on any atom is 0.0938 e. The molecule has 0 amide bonds. The first-order valence-corrected chi connectivity index (χ1v) is 7.71. The molecule has 20 heavy (non-hydrogen) atoms. The quantitative estimate of drug-likeness (QED) is 0.876. The van der Waals surface area contributed by atoms with Gasteiger partial charge < -0.3 is 5.11 Å². The Bertz CT molecular complexity index is 596. The van der Waals surface area contributed by atoms with Gasteiger partial charge in [0.1, 0.15) is 0 Å². The van der Waals surface area contributed by atoms with Crippen LogP contribution in [0.25, 0.3) is 0 Å². The molecule has 4 heteroatoms. The van der Waals surface area contributed by atoms with Crippen LogP contribution in [0.1, 0.15) is 30.7 Å². The molecule has 1 unspecified atom stereocenters. The van der Waals surface area contributed by atoms with E-state index in [4.69, 9.17) is 11.6 Å². The largest absolute Gasteiger partial charge is 0.385 e. The third-order valence-electron chi connectivity index (χ3n) is 3.33. The molecular formula is C16H17BrClNO. The Labute approximate surface area is 132 Å². The Kier molecular flexibility index (Phi) is 4.84. The maximum absolute atomic E-state index is 10.7. The maximum atomic E-state index is 10.7. The van der Waals surface area contributed by atoms with Crippen molar-refractivity contribution in [1.82, 2.24) is 4.98 Å². The minimum atomic E-state index is -1.04. The van der Waals surface area contributed by atoms with Crippen LogP contribution in [0.3, 0.4) is 0 Å². The van der Waals surface area contributed by atoms with E-state index in [1.54, 1.807) is 13.0 Å². The van der Waals surface area contributed by atoms with Gasteiger partial charge in [-0.2, -0.15) is 0 Å². The van der Waals surface area contributed by atoms with Crippen LogP contribution in [0.5, 0.6) is 0 Å². The van der Waals surface area contributed by atoms with Crippen LogP contribution in [0, 0.1) is 0 Å². The predicted molar refractivity (Wildman–Crippen MR) is 86.0 cm³/mol. The Hall–Kier alpha value is -0.900. The SMILES string of the molecule is CCc1ccc(CC(C)(O)c2ccc(Br)cc2Cl)nc1.